The molecule has 62 valence electrons. The Kier molecular flexibility index (Phi) is 3.57. The third-order valence-corrected chi connectivity index (χ3v) is 2.62. The molecule has 1 atom stereocenters. The fraction of sp³-hybridized carbons (Fsp3) is 0.667. The first-order chi connectivity index (χ1) is 5.33. The van der Waals surface area contributed by atoms with Crippen molar-refractivity contribution >= 4 is 11.3 Å². The summed E-state index contributed by atoms with van der Waals surface area (Å²) in [6.07, 6.45) is 5.81. The highest BCUT2D eigenvalue weighted by Gasteiger charge is 2.02. The van der Waals surface area contributed by atoms with E-state index in [0.29, 0.717) is 0 Å². The van der Waals surface area contributed by atoms with Crippen LogP contribution in [0.2, 0.25) is 0 Å². The molecular formula is C9H15NS. The van der Waals surface area contributed by atoms with Crippen LogP contribution in [-0.4, -0.2) is 4.98 Å². The van der Waals surface area contributed by atoms with Crippen LogP contribution < -0.4 is 0 Å². The standard InChI is InChI=1S/C9H15NS/c1-3-4-8(2)5-9-6-10-7-11-9/h6-8H,3-5H2,1-2H3. The zero-order chi connectivity index (χ0) is 8.10. The zero-order valence-corrected chi connectivity index (χ0v) is 8.03. The van der Waals surface area contributed by atoms with Crippen molar-refractivity contribution in [2.24, 2.45) is 5.92 Å². The normalized spacial score (nSPS) is 13.3. The van der Waals surface area contributed by atoms with Crippen molar-refractivity contribution in [3.05, 3.63) is 16.6 Å². The van der Waals surface area contributed by atoms with E-state index >= 15 is 0 Å². The molecule has 1 nitrogen and oxygen atoms in total. The van der Waals surface area contributed by atoms with Crippen molar-refractivity contribution in [1.82, 2.24) is 4.98 Å². The predicted octanol–water partition coefficient (Wildman–Crippen LogP) is 3.12. The van der Waals surface area contributed by atoms with E-state index in [-0.39, 0.29) is 0 Å². The monoisotopic (exact) mass is 169 g/mol. The second kappa shape index (κ2) is 4.50. The second-order valence-corrected chi connectivity index (χ2v) is 4.04. The summed E-state index contributed by atoms with van der Waals surface area (Å²) >= 11 is 1.77. The molecule has 1 unspecified atom stereocenters. The Morgan fingerprint density at radius 3 is 3.00 bits per heavy atom. The van der Waals surface area contributed by atoms with Crippen LogP contribution in [-0.2, 0) is 6.42 Å². The second-order valence-electron chi connectivity index (χ2n) is 3.07. The van der Waals surface area contributed by atoms with E-state index in [1.165, 1.54) is 24.1 Å². The van der Waals surface area contributed by atoms with E-state index < -0.39 is 0 Å². The van der Waals surface area contributed by atoms with Gasteiger partial charge < -0.3 is 0 Å². The fourth-order valence-corrected chi connectivity index (χ4v) is 2.04. The lowest BCUT2D eigenvalue weighted by Crippen LogP contribution is -1.96. The molecule has 0 radical (unpaired) electrons. The number of thiazole rings is 1. The van der Waals surface area contributed by atoms with Crippen molar-refractivity contribution in [2.45, 2.75) is 33.1 Å². The molecule has 0 amide bonds. The quantitative estimate of drug-likeness (QED) is 0.675. The maximum Gasteiger partial charge on any atom is 0.0794 e. The molecular weight excluding hydrogens is 154 g/mol. The number of hydrogen-bond donors (Lipinski definition) is 0. The molecule has 0 aromatic carbocycles. The van der Waals surface area contributed by atoms with Crippen LogP contribution in [0, 0.1) is 5.92 Å². The fourth-order valence-electron chi connectivity index (χ4n) is 1.28. The Bertz CT molecular complexity index is 181. The van der Waals surface area contributed by atoms with Gasteiger partial charge in [-0.25, -0.2) is 0 Å². The average Bonchev–Trinajstić information content (AvgIpc) is 2.40. The highest BCUT2D eigenvalue weighted by atomic mass is 32.1. The lowest BCUT2D eigenvalue weighted by molar-refractivity contribution is 0.526. The summed E-state index contributed by atoms with van der Waals surface area (Å²) < 4.78 is 0. The van der Waals surface area contributed by atoms with Crippen LogP contribution in [0.5, 0.6) is 0 Å². The molecule has 2 heteroatoms. The van der Waals surface area contributed by atoms with Gasteiger partial charge in [0.05, 0.1) is 5.51 Å². The molecule has 0 aliphatic rings. The number of rotatable bonds is 4. The third kappa shape index (κ3) is 3.02. The topological polar surface area (TPSA) is 12.9 Å². The minimum atomic E-state index is 0.820. The van der Waals surface area contributed by atoms with Gasteiger partial charge in [-0.3, -0.25) is 4.98 Å². The summed E-state index contributed by atoms with van der Waals surface area (Å²) in [6, 6.07) is 0. The van der Waals surface area contributed by atoms with Crippen LogP contribution in [0.15, 0.2) is 11.7 Å². The minimum Gasteiger partial charge on any atom is -0.253 e. The molecule has 0 aliphatic carbocycles. The van der Waals surface area contributed by atoms with E-state index in [2.05, 4.69) is 18.8 Å². The van der Waals surface area contributed by atoms with Gasteiger partial charge in [0, 0.05) is 11.1 Å². The van der Waals surface area contributed by atoms with Gasteiger partial charge in [0.2, 0.25) is 0 Å². The molecule has 0 aliphatic heterocycles. The van der Waals surface area contributed by atoms with Crippen molar-refractivity contribution < 1.29 is 0 Å². The number of hydrogen-bond acceptors (Lipinski definition) is 2. The zero-order valence-electron chi connectivity index (χ0n) is 7.21. The van der Waals surface area contributed by atoms with Gasteiger partial charge in [-0.2, -0.15) is 0 Å². The Hall–Kier alpha value is -0.370. The van der Waals surface area contributed by atoms with Gasteiger partial charge >= 0.3 is 0 Å². The summed E-state index contributed by atoms with van der Waals surface area (Å²) in [4.78, 5) is 5.48. The first-order valence-electron chi connectivity index (χ1n) is 4.20. The van der Waals surface area contributed by atoms with E-state index in [9.17, 15) is 0 Å². The lowest BCUT2D eigenvalue weighted by atomic mass is 10.0. The van der Waals surface area contributed by atoms with Crippen LogP contribution in [0.1, 0.15) is 31.6 Å². The molecule has 0 bridgehead atoms. The maximum absolute atomic E-state index is 4.05. The van der Waals surface area contributed by atoms with Gasteiger partial charge in [0.25, 0.3) is 0 Å². The van der Waals surface area contributed by atoms with Gasteiger partial charge in [-0.05, 0) is 12.3 Å². The largest absolute Gasteiger partial charge is 0.253 e. The Morgan fingerprint density at radius 1 is 1.64 bits per heavy atom. The SMILES string of the molecule is CCCC(C)Cc1cncs1. The summed E-state index contributed by atoms with van der Waals surface area (Å²) in [5, 5.41) is 0. The van der Waals surface area contributed by atoms with Gasteiger partial charge in [-0.15, -0.1) is 11.3 Å². The smallest absolute Gasteiger partial charge is 0.0794 e. The third-order valence-electron chi connectivity index (χ3n) is 1.81. The van der Waals surface area contributed by atoms with Crippen LogP contribution in [0.3, 0.4) is 0 Å². The minimum absolute atomic E-state index is 0.820. The van der Waals surface area contributed by atoms with E-state index in [4.69, 9.17) is 0 Å². The number of aromatic nitrogens is 1. The maximum atomic E-state index is 4.05. The molecule has 1 heterocycles. The Labute approximate surface area is 72.5 Å². The Morgan fingerprint density at radius 2 is 2.45 bits per heavy atom. The molecule has 0 N–H and O–H groups in total. The summed E-state index contributed by atoms with van der Waals surface area (Å²) in [6.45, 7) is 4.55. The van der Waals surface area contributed by atoms with Gasteiger partial charge in [0.1, 0.15) is 0 Å². The van der Waals surface area contributed by atoms with Crippen LogP contribution >= 0.6 is 11.3 Å². The molecule has 11 heavy (non-hydrogen) atoms. The Balaban J connectivity index is 2.31. The molecule has 0 saturated heterocycles. The molecule has 1 aromatic rings. The summed E-state index contributed by atoms with van der Waals surface area (Å²) in [7, 11) is 0. The first kappa shape index (κ1) is 8.72. The summed E-state index contributed by atoms with van der Waals surface area (Å²) in [5.74, 6) is 0.820. The van der Waals surface area contributed by atoms with Crippen molar-refractivity contribution in [1.29, 1.82) is 0 Å². The molecule has 0 spiro atoms. The predicted molar refractivity (Wildman–Crippen MR) is 49.9 cm³/mol. The molecule has 0 saturated carbocycles. The average molecular weight is 169 g/mol. The lowest BCUT2D eigenvalue weighted by Gasteiger charge is -2.06. The van der Waals surface area contributed by atoms with Crippen molar-refractivity contribution in [3.8, 4) is 0 Å². The molecule has 1 rings (SSSR count). The molecule has 1 aromatic heterocycles. The highest BCUT2D eigenvalue weighted by Crippen LogP contribution is 2.15. The van der Waals surface area contributed by atoms with Crippen molar-refractivity contribution in [3.63, 3.8) is 0 Å². The van der Waals surface area contributed by atoms with Crippen LogP contribution in [0.4, 0.5) is 0 Å². The molecule has 0 fully saturated rings. The van der Waals surface area contributed by atoms with Crippen molar-refractivity contribution in [2.75, 3.05) is 0 Å². The van der Waals surface area contributed by atoms with Gasteiger partial charge in [-0.1, -0.05) is 26.7 Å². The summed E-state index contributed by atoms with van der Waals surface area (Å²) in [5.41, 5.74) is 1.91. The van der Waals surface area contributed by atoms with E-state index in [1.54, 1.807) is 11.3 Å². The highest BCUT2D eigenvalue weighted by molar-refractivity contribution is 7.09. The first-order valence-corrected chi connectivity index (χ1v) is 5.08. The van der Waals surface area contributed by atoms with Crippen LogP contribution in [0.25, 0.3) is 0 Å². The van der Waals surface area contributed by atoms with E-state index in [1.807, 2.05) is 11.7 Å². The van der Waals surface area contributed by atoms with Gasteiger partial charge in [0.15, 0.2) is 0 Å². The van der Waals surface area contributed by atoms with E-state index in [0.717, 1.165) is 5.92 Å². The number of nitrogens with zero attached hydrogens (tertiary/aromatic N) is 1.